The molecule has 0 radical (unpaired) electrons. The standard InChI is InChI=1S/C15H17N3OS/c19-15(18-10-6-1-2-7-11-18)14-13(16-17-20-14)12-8-4-3-5-9-12/h3-5,8-9H,1-2,6-7,10-11H2. The Bertz CT molecular complexity index is 574. The molecule has 0 unspecified atom stereocenters. The summed E-state index contributed by atoms with van der Waals surface area (Å²) in [6, 6.07) is 9.80. The monoisotopic (exact) mass is 287 g/mol. The summed E-state index contributed by atoms with van der Waals surface area (Å²) in [6.45, 7) is 1.70. The van der Waals surface area contributed by atoms with Crippen LogP contribution in [0.25, 0.3) is 11.3 Å². The normalized spacial score (nSPS) is 15.9. The average molecular weight is 287 g/mol. The van der Waals surface area contributed by atoms with Crippen LogP contribution in [0.2, 0.25) is 0 Å². The topological polar surface area (TPSA) is 46.1 Å². The first-order chi connectivity index (χ1) is 9.86. The molecule has 5 heteroatoms. The molecule has 2 heterocycles. The van der Waals surface area contributed by atoms with Crippen molar-refractivity contribution in [1.29, 1.82) is 0 Å². The lowest BCUT2D eigenvalue weighted by Crippen LogP contribution is -2.31. The number of nitrogens with zero attached hydrogens (tertiary/aromatic N) is 3. The first-order valence-corrected chi connectivity index (χ1v) is 7.80. The molecule has 0 N–H and O–H groups in total. The molecule has 0 atom stereocenters. The second-order valence-corrected chi connectivity index (χ2v) is 5.78. The fourth-order valence-electron chi connectivity index (χ4n) is 2.53. The fraction of sp³-hybridized carbons (Fsp3) is 0.400. The quantitative estimate of drug-likeness (QED) is 0.852. The molecule has 1 fully saturated rings. The fourth-order valence-corrected chi connectivity index (χ4v) is 3.19. The molecule has 1 aliphatic heterocycles. The van der Waals surface area contributed by atoms with Gasteiger partial charge in [-0.25, -0.2) is 0 Å². The van der Waals surface area contributed by atoms with Gasteiger partial charge in [-0.3, -0.25) is 4.79 Å². The summed E-state index contributed by atoms with van der Waals surface area (Å²) >= 11 is 1.20. The van der Waals surface area contributed by atoms with E-state index < -0.39 is 0 Å². The summed E-state index contributed by atoms with van der Waals surface area (Å²) in [6.07, 6.45) is 4.63. The second kappa shape index (κ2) is 6.13. The molecule has 1 aromatic heterocycles. The number of benzene rings is 1. The van der Waals surface area contributed by atoms with E-state index >= 15 is 0 Å². The molecule has 0 spiro atoms. The van der Waals surface area contributed by atoms with Gasteiger partial charge in [-0.05, 0) is 24.4 Å². The summed E-state index contributed by atoms with van der Waals surface area (Å²) < 4.78 is 3.98. The molecule has 1 aliphatic rings. The van der Waals surface area contributed by atoms with E-state index in [0.717, 1.165) is 31.5 Å². The van der Waals surface area contributed by atoms with Gasteiger partial charge in [0.25, 0.3) is 5.91 Å². The molecular weight excluding hydrogens is 270 g/mol. The lowest BCUT2D eigenvalue weighted by atomic mass is 10.1. The maximum Gasteiger partial charge on any atom is 0.267 e. The maximum atomic E-state index is 12.7. The van der Waals surface area contributed by atoms with Crippen LogP contribution in [-0.2, 0) is 0 Å². The predicted octanol–water partition coefficient (Wildman–Crippen LogP) is 3.22. The number of hydrogen-bond donors (Lipinski definition) is 0. The summed E-state index contributed by atoms with van der Waals surface area (Å²) in [5.41, 5.74) is 1.67. The van der Waals surface area contributed by atoms with E-state index in [1.165, 1.54) is 24.4 Å². The van der Waals surface area contributed by atoms with Gasteiger partial charge < -0.3 is 4.90 Å². The van der Waals surface area contributed by atoms with Crippen LogP contribution in [-0.4, -0.2) is 33.5 Å². The van der Waals surface area contributed by atoms with Crippen molar-refractivity contribution in [2.45, 2.75) is 25.7 Å². The van der Waals surface area contributed by atoms with Gasteiger partial charge in [0.15, 0.2) is 0 Å². The minimum Gasteiger partial charge on any atom is -0.338 e. The Morgan fingerprint density at radius 2 is 1.75 bits per heavy atom. The van der Waals surface area contributed by atoms with Crippen LogP contribution in [0.5, 0.6) is 0 Å². The molecule has 1 amide bonds. The Hall–Kier alpha value is -1.75. The Morgan fingerprint density at radius 1 is 1.05 bits per heavy atom. The SMILES string of the molecule is O=C(c1snnc1-c1ccccc1)N1CCCCCC1. The molecule has 0 bridgehead atoms. The first-order valence-electron chi connectivity index (χ1n) is 7.03. The predicted molar refractivity (Wildman–Crippen MR) is 79.7 cm³/mol. The maximum absolute atomic E-state index is 12.7. The summed E-state index contributed by atoms with van der Waals surface area (Å²) in [4.78, 5) is 15.3. The zero-order valence-electron chi connectivity index (χ0n) is 11.3. The zero-order valence-corrected chi connectivity index (χ0v) is 12.1. The van der Waals surface area contributed by atoms with Gasteiger partial charge in [0.2, 0.25) is 0 Å². The van der Waals surface area contributed by atoms with Crippen molar-refractivity contribution in [1.82, 2.24) is 14.5 Å². The molecule has 1 aromatic carbocycles. The molecule has 0 aliphatic carbocycles. The number of likely N-dealkylation sites (tertiary alicyclic amines) is 1. The van der Waals surface area contributed by atoms with Crippen molar-refractivity contribution in [3.63, 3.8) is 0 Å². The molecule has 0 saturated carbocycles. The Balaban J connectivity index is 1.87. The lowest BCUT2D eigenvalue weighted by molar-refractivity contribution is 0.0767. The molecular formula is C15H17N3OS. The summed E-state index contributed by atoms with van der Waals surface area (Å²) in [5.74, 6) is 0.0840. The van der Waals surface area contributed by atoms with E-state index in [4.69, 9.17) is 0 Å². The minimum atomic E-state index is 0.0840. The number of aromatic nitrogens is 2. The van der Waals surface area contributed by atoms with Crippen LogP contribution in [0.4, 0.5) is 0 Å². The lowest BCUT2D eigenvalue weighted by Gasteiger charge is -2.19. The number of carbonyl (C=O) groups excluding carboxylic acids is 1. The molecule has 104 valence electrons. The van der Waals surface area contributed by atoms with E-state index in [1.807, 2.05) is 35.2 Å². The van der Waals surface area contributed by atoms with Crippen molar-refractivity contribution in [2.24, 2.45) is 0 Å². The second-order valence-electron chi connectivity index (χ2n) is 5.02. The van der Waals surface area contributed by atoms with Crippen molar-refractivity contribution < 1.29 is 4.79 Å². The molecule has 1 saturated heterocycles. The van der Waals surface area contributed by atoms with Gasteiger partial charge in [-0.2, -0.15) is 0 Å². The van der Waals surface area contributed by atoms with Gasteiger partial charge in [-0.1, -0.05) is 47.7 Å². The Labute approximate surface area is 122 Å². The van der Waals surface area contributed by atoms with Crippen LogP contribution < -0.4 is 0 Å². The third kappa shape index (κ3) is 2.72. The smallest absolute Gasteiger partial charge is 0.267 e. The highest BCUT2D eigenvalue weighted by Gasteiger charge is 2.23. The third-order valence-electron chi connectivity index (χ3n) is 3.62. The molecule has 20 heavy (non-hydrogen) atoms. The van der Waals surface area contributed by atoms with Crippen LogP contribution in [0.3, 0.4) is 0 Å². The van der Waals surface area contributed by atoms with E-state index in [0.29, 0.717) is 10.6 Å². The summed E-state index contributed by atoms with van der Waals surface area (Å²) in [7, 11) is 0. The molecule has 4 nitrogen and oxygen atoms in total. The van der Waals surface area contributed by atoms with E-state index in [-0.39, 0.29) is 5.91 Å². The molecule has 2 aromatic rings. The number of rotatable bonds is 2. The van der Waals surface area contributed by atoms with E-state index in [1.54, 1.807) is 0 Å². The number of amides is 1. The Morgan fingerprint density at radius 3 is 2.45 bits per heavy atom. The van der Waals surface area contributed by atoms with Crippen molar-refractivity contribution in [2.75, 3.05) is 13.1 Å². The van der Waals surface area contributed by atoms with E-state index in [9.17, 15) is 4.79 Å². The van der Waals surface area contributed by atoms with Gasteiger partial charge in [0.05, 0.1) is 0 Å². The van der Waals surface area contributed by atoms with Crippen LogP contribution >= 0.6 is 11.5 Å². The summed E-state index contributed by atoms with van der Waals surface area (Å²) in [5, 5.41) is 4.15. The van der Waals surface area contributed by atoms with Gasteiger partial charge in [0, 0.05) is 18.7 Å². The van der Waals surface area contributed by atoms with Gasteiger partial charge in [-0.15, -0.1) is 5.10 Å². The van der Waals surface area contributed by atoms with Crippen molar-refractivity contribution in [3.05, 3.63) is 35.2 Å². The third-order valence-corrected chi connectivity index (χ3v) is 4.34. The minimum absolute atomic E-state index is 0.0840. The highest BCUT2D eigenvalue weighted by molar-refractivity contribution is 7.08. The zero-order chi connectivity index (χ0) is 13.8. The first kappa shape index (κ1) is 13.2. The van der Waals surface area contributed by atoms with E-state index in [2.05, 4.69) is 9.59 Å². The average Bonchev–Trinajstić information content (AvgIpc) is 2.82. The largest absolute Gasteiger partial charge is 0.338 e. The highest BCUT2D eigenvalue weighted by atomic mass is 32.1. The highest BCUT2D eigenvalue weighted by Crippen LogP contribution is 2.25. The van der Waals surface area contributed by atoms with Crippen molar-refractivity contribution in [3.8, 4) is 11.3 Å². The Kier molecular flexibility index (Phi) is 4.06. The van der Waals surface area contributed by atoms with Gasteiger partial charge >= 0.3 is 0 Å². The van der Waals surface area contributed by atoms with Gasteiger partial charge in [0.1, 0.15) is 10.6 Å². The van der Waals surface area contributed by atoms with Crippen LogP contribution in [0, 0.1) is 0 Å². The molecule has 3 rings (SSSR count). The van der Waals surface area contributed by atoms with Crippen LogP contribution in [0.1, 0.15) is 35.4 Å². The number of hydrogen-bond acceptors (Lipinski definition) is 4. The number of carbonyl (C=O) groups is 1. The van der Waals surface area contributed by atoms with Crippen LogP contribution in [0.15, 0.2) is 30.3 Å². The van der Waals surface area contributed by atoms with Crippen molar-refractivity contribution >= 4 is 17.4 Å².